The summed E-state index contributed by atoms with van der Waals surface area (Å²) in [6.07, 6.45) is 2.87. The maximum Gasteiger partial charge on any atom is 0.331 e. The highest BCUT2D eigenvalue weighted by Gasteiger charge is 2.09. The van der Waals surface area contributed by atoms with E-state index in [4.69, 9.17) is 25.8 Å². The van der Waals surface area contributed by atoms with E-state index in [0.717, 1.165) is 11.1 Å². The van der Waals surface area contributed by atoms with Gasteiger partial charge in [-0.15, -0.1) is 0 Å². The Hall–Kier alpha value is -3.77. The number of para-hydroxylation sites is 2. The Kier molecular flexibility index (Phi) is 8.91. The van der Waals surface area contributed by atoms with Gasteiger partial charge in [0.15, 0.2) is 6.61 Å². The third kappa shape index (κ3) is 8.01. The van der Waals surface area contributed by atoms with Gasteiger partial charge in [-0.3, -0.25) is 4.79 Å². The number of amides is 1. The van der Waals surface area contributed by atoms with Crippen molar-refractivity contribution in [3.05, 3.63) is 95.0 Å². The minimum absolute atomic E-state index is 0.402. The average molecular weight is 466 g/mol. The number of hydrogen-bond donors (Lipinski definition) is 1. The molecule has 0 radical (unpaired) electrons. The zero-order chi connectivity index (χ0) is 23.5. The third-order valence-electron chi connectivity index (χ3n) is 4.42. The predicted molar refractivity (Wildman–Crippen MR) is 128 cm³/mol. The maximum atomic E-state index is 12.1. The molecule has 0 fully saturated rings. The molecule has 0 aliphatic rings. The lowest BCUT2D eigenvalue weighted by atomic mass is 10.2. The van der Waals surface area contributed by atoms with Crippen molar-refractivity contribution in [2.24, 2.45) is 0 Å². The van der Waals surface area contributed by atoms with E-state index in [-0.39, 0.29) is 0 Å². The molecule has 1 amide bonds. The van der Waals surface area contributed by atoms with Crippen LogP contribution in [0.15, 0.2) is 78.9 Å². The van der Waals surface area contributed by atoms with Crippen LogP contribution in [0.25, 0.3) is 6.08 Å². The van der Waals surface area contributed by atoms with Crippen LogP contribution in [0, 0.1) is 0 Å². The van der Waals surface area contributed by atoms with E-state index in [0.29, 0.717) is 35.4 Å². The second kappa shape index (κ2) is 12.3. The minimum atomic E-state index is -0.619. The molecule has 3 aromatic rings. The molecular weight excluding hydrogens is 442 g/mol. The molecular formula is C26H24ClNO5. The Bertz CT molecular complexity index is 1090. The van der Waals surface area contributed by atoms with Crippen LogP contribution in [0.2, 0.25) is 5.02 Å². The number of esters is 1. The summed E-state index contributed by atoms with van der Waals surface area (Å²) in [4.78, 5) is 24.0. The number of benzene rings is 3. The number of carbonyl (C=O) groups is 2. The molecule has 6 nitrogen and oxygen atoms in total. The molecule has 0 saturated heterocycles. The van der Waals surface area contributed by atoms with Gasteiger partial charge in [0.1, 0.15) is 18.1 Å². The van der Waals surface area contributed by atoms with E-state index in [1.807, 2.05) is 61.5 Å². The van der Waals surface area contributed by atoms with Crippen molar-refractivity contribution in [3.63, 3.8) is 0 Å². The van der Waals surface area contributed by atoms with Gasteiger partial charge in [-0.2, -0.15) is 0 Å². The molecule has 0 unspecified atom stereocenters. The molecule has 0 aliphatic heterocycles. The van der Waals surface area contributed by atoms with E-state index < -0.39 is 18.5 Å². The topological polar surface area (TPSA) is 73.9 Å². The molecule has 0 spiro atoms. The van der Waals surface area contributed by atoms with Gasteiger partial charge in [-0.05, 0) is 60.5 Å². The van der Waals surface area contributed by atoms with Gasteiger partial charge < -0.3 is 19.5 Å². The van der Waals surface area contributed by atoms with Gasteiger partial charge in [0.05, 0.1) is 12.3 Å². The Morgan fingerprint density at radius 1 is 0.939 bits per heavy atom. The van der Waals surface area contributed by atoms with Crippen molar-refractivity contribution >= 4 is 35.2 Å². The second-order valence-electron chi connectivity index (χ2n) is 6.90. The van der Waals surface area contributed by atoms with Gasteiger partial charge in [-0.25, -0.2) is 4.79 Å². The van der Waals surface area contributed by atoms with Crippen molar-refractivity contribution < 1.29 is 23.8 Å². The minimum Gasteiger partial charge on any atom is -0.492 e. The van der Waals surface area contributed by atoms with Crippen LogP contribution in [0.3, 0.4) is 0 Å². The van der Waals surface area contributed by atoms with Gasteiger partial charge >= 0.3 is 5.97 Å². The number of carbonyl (C=O) groups excluding carboxylic acids is 2. The van der Waals surface area contributed by atoms with Gasteiger partial charge in [-0.1, -0.05) is 48.0 Å². The van der Waals surface area contributed by atoms with Crippen molar-refractivity contribution in [3.8, 4) is 11.5 Å². The van der Waals surface area contributed by atoms with E-state index >= 15 is 0 Å². The van der Waals surface area contributed by atoms with E-state index in [9.17, 15) is 9.59 Å². The number of nitrogens with one attached hydrogen (secondary N) is 1. The van der Waals surface area contributed by atoms with E-state index in [1.165, 1.54) is 6.08 Å². The largest absolute Gasteiger partial charge is 0.492 e. The highest BCUT2D eigenvalue weighted by Crippen LogP contribution is 2.23. The quantitative estimate of drug-likeness (QED) is 0.315. The summed E-state index contributed by atoms with van der Waals surface area (Å²) in [7, 11) is 0. The first-order chi connectivity index (χ1) is 16.0. The molecule has 3 aromatic carbocycles. The first-order valence-electron chi connectivity index (χ1n) is 10.4. The lowest BCUT2D eigenvalue weighted by Gasteiger charge is -2.11. The van der Waals surface area contributed by atoms with Crippen LogP contribution in [-0.2, 0) is 20.9 Å². The fourth-order valence-electron chi connectivity index (χ4n) is 2.81. The second-order valence-corrected chi connectivity index (χ2v) is 7.34. The van der Waals surface area contributed by atoms with E-state index in [2.05, 4.69) is 5.32 Å². The summed E-state index contributed by atoms with van der Waals surface area (Å²) < 4.78 is 16.2. The predicted octanol–water partition coefficient (Wildman–Crippen LogP) is 5.51. The molecule has 0 bridgehead atoms. The summed E-state index contributed by atoms with van der Waals surface area (Å²) in [5, 5.41) is 3.35. The number of anilines is 1. The standard InChI is InChI=1S/C26H24ClNO5/c1-2-31-24-6-4-3-5-23(24)28-25(29)18-33-26(30)16-11-19-9-14-22(15-10-19)32-17-20-7-12-21(27)13-8-20/h3-16H,2,17-18H2,1H3,(H,28,29)/b16-11+. The Morgan fingerprint density at radius 2 is 1.67 bits per heavy atom. The summed E-state index contributed by atoms with van der Waals surface area (Å²) in [5.41, 5.74) is 2.33. The van der Waals surface area contributed by atoms with Crippen molar-refractivity contribution in [2.75, 3.05) is 18.5 Å². The number of rotatable bonds is 10. The van der Waals surface area contributed by atoms with Crippen molar-refractivity contribution in [2.45, 2.75) is 13.5 Å². The van der Waals surface area contributed by atoms with Crippen LogP contribution >= 0.6 is 11.6 Å². The van der Waals surface area contributed by atoms with Gasteiger partial charge in [0.2, 0.25) is 0 Å². The first kappa shape index (κ1) is 23.9. The maximum absolute atomic E-state index is 12.1. The SMILES string of the molecule is CCOc1ccccc1NC(=O)COC(=O)/C=C/c1ccc(OCc2ccc(Cl)cc2)cc1. The highest BCUT2D eigenvalue weighted by molar-refractivity contribution is 6.30. The fraction of sp³-hybridized carbons (Fsp3) is 0.154. The van der Waals surface area contributed by atoms with Gasteiger partial charge in [0.25, 0.3) is 5.91 Å². The smallest absolute Gasteiger partial charge is 0.331 e. The highest BCUT2D eigenvalue weighted by atomic mass is 35.5. The average Bonchev–Trinajstić information content (AvgIpc) is 2.83. The molecule has 0 aliphatic carbocycles. The molecule has 0 atom stereocenters. The van der Waals surface area contributed by atoms with Gasteiger partial charge in [0, 0.05) is 11.1 Å². The van der Waals surface area contributed by atoms with Crippen LogP contribution < -0.4 is 14.8 Å². The van der Waals surface area contributed by atoms with Crippen LogP contribution in [0.5, 0.6) is 11.5 Å². The molecule has 33 heavy (non-hydrogen) atoms. The lowest BCUT2D eigenvalue weighted by molar-refractivity contribution is -0.142. The molecule has 7 heteroatoms. The third-order valence-corrected chi connectivity index (χ3v) is 4.67. The summed E-state index contributed by atoms with van der Waals surface area (Å²) in [6.45, 7) is 2.35. The number of hydrogen-bond acceptors (Lipinski definition) is 5. The monoisotopic (exact) mass is 465 g/mol. The molecule has 0 saturated carbocycles. The Labute approximate surface area is 197 Å². The van der Waals surface area contributed by atoms with E-state index in [1.54, 1.807) is 24.3 Å². The molecule has 170 valence electrons. The van der Waals surface area contributed by atoms with Crippen LogP contribution in [0.4, 0.5) is 5.69 Å². The fourth-order valence-corrected chi connectivity index (χ4v) is 2.94. The summed E-state index contributed by atoms with van der Waals surface area (Å²) in [6, 6.07) is 21.8. The lowest BCUT2D eigenvalue weighted by Crippen LogP contribution is -2.20. The number of halogens is 1. The van der Waals surface area contributed by atoms with Crippen molar-refractivity contribution in [1.29, 1.82) is 0 Å². The summed E-state index contributed by atoms with van der Waals surface area (Å²) in [5.74, 6) is 0.186. The molecule has 0 heterocycles. The Morgan fingerprint density at radius 3 is 2.39 bits per heavy atom. The molecule has 1 N–H and O–H groups in total. The van der Waals surface area contributed by atoms with Crippen LogP contribution in [0.1, 0.15) is 18.1 Å². The zero-order valence-electron chi connectivity index (χ0n) is 18.1. The normalized spacial score (nSPS) is 10.6. The zero-order valence-corrected chi connectivity index (χ0v) is 18.9. The first-order valence-corrected chi connectivity index (χ1v) is 10.7. The molecule has 3 rings (SSSR count). The van der Waals surface area contributed by atoms with Crippen molar-refractivity contribution in [1.82, 2.24) is 0 Å². The number of ether oxygens (including phenoxy) is 3. The summed E-state index contributed by atoms with van der Waals surface area (Å²) >= 11 is 5.88. The Balaban J connectivity index is 1.43. The molecule has 0 aromatic heterocycles. The van der Waals surface area contributed by atoms with Crippen LogP contribution in [-0.4, -0.2) is 25.1 Å².